The van der Waals surface area contributed by atoms with Crippen molar-refractivity contribution in [3.8, 4) is 0 Å². The molecule has 30 heavy (non-hydrogen) atoms. The molecule has 0 N–H and O–H groups in total. The van der Waals surface area contributed by atoms with Crippen molar-refractivity contribution < 1.29 is 4.79 Å². The van der Waals surface area contributed by atoms with E-state index in [1.807, 2.05) is 6.33 Å². The quantitative estimate of drug-likeness (QED) is 0.734. The van der Waals surface area contributed by atoms with Gasteiger partial charge in [0.05, 0.1) is 6.54 Å². The molecule has 1 aliphatic heterocycles. The van der Waals surface area contributed by atoms with Gasteiger partial charge in [0.2, 0.25) is 5.91 Å². The third kappa shape index (κ3) is 3.79. The standard InChI is InChI=1S/C25H34N4O/c30-24(21-12-6-2-7-13-21)28-17-22(25(18-28)14-8-3-9-15-25)23-27-26-19-29(23)16-20-10-4-1-5-11-20/h1,4-5,10-11,19,21-22H,2-3,6-9,12-18H2. The van der Waals surface area contributed by atoms with E-state index in [2.05, 4.69) is 50.0 Å². The van der Waals surface area contributed by atoms with E-state index >= 15 is 0 Å². The van der Waals surface area contributed by atoms with Crippen molar-refractivity contribution in [2.75, 3.05) is 13.1 Å². The summed E-state index contributed by atoms with van der Waals surface area (Å²) in [4.78, 5) is 15.6. The van der Waals surface area contributed by atoms with Crippen LogP contribution in [0.1, 0.15) is 81.5 Å². The first kappa shape index (κ1) is 19.8. The van der Waals surface area contributed by atoms with Gasteiger partial charge in [0.25, 0.3) is 0 Å². The predicted molar refractivity (Wildman–Crippen MR) is 117 cm³/mol. The molecule has 5 heteroatoms. The van der Waals surface area contributed by atoms with Crippen LogP contribution in [0.4, 0.5) is 0 Å². The highest BCUT2D eigenvalue weighted by atomic mass is 16.2. The number of nitrogens with zero attached hydrogens (tertiary/aromatic N) is 4. The zero-order valence-corrected chi connectivity index (χ0v) is 18.0. The van der Waals surface area contributed by atoms with E-state index in [4.69, 9.17) is 0 Å². The average Bonchev–Trinajstić information content (AvgIpc) is 3.39. The second-order valence-electron chi connectivity index (χ2n) is 9.83. The fourth-order valence-corrected chi connectivity index (χ4v) is 6.30. The van der Waals surface area contributed by atoms with Gasteiger partial charge in [-0.1, -0.05) is 68.9 Å². The Kier molecular flexibility index (Phi) is 5.62. The van der Waals surface area contributed by atoms with Crippen molar-refractivity contribution in [1.82, 2.24) is 19.7 Å². The van der Waals surface area contributed by atoms with Crippen molar-refractivity contribution >= 4 is 5.91 Å². The highest BCUT2D eigenvalue weighted by Gasteiger charge is 2.51. The molecule has 0 bridgehead atoms. The molecule has 0 radical (unpaired) electrons. The second-order valence-corrected chi connectivity index (χ2v) is 9.83. The smallest absolute Gasteiger partial charge is 0.225 e. The van der Waals surface area contributed by atoms with Crippen LogP contribution in [-0.4, -0.2) is 38.7 Å². The van der Waals surface area contributed by atoms with E-state index in [1.165, 1.54) is 56.9 Å². The minimum atomic E-state index is 0.185. The number of carbonyl (C=O) groups excluding carboxylic acids is 1. The van der Waals surface area contributed by atoms with Gasteiger partial charge in [0.1, 0.15) is 12.2 Å². The third-order valence-corrected chi connectivity index (χ3v) is 7.92. The van der Waals surface area contributed by atoms with Crippen molar-refractivity contribution in [3.05, 3.63) is 48.0 Å². The Bertz CT molecular complexity index is 849. The molecule has 1 spiro atoms. The number of aromatic nitrogens is 3. The summed E-state index contributed by atoms with van der Waals surface area (Å²) in [5.41, 5.74) is 1.45. The predicted octanol–water partition coefficient (Wildman–Crippen LogP) is 4.78. The molecule has 3 fully saturated rings. The van der Waals surface area contributed by atoms with E-state index in [1.54, 1.807) is 0 Å². The first-order valence-electron chi connectivity index (χ1n) is 12.0. The summed E-state index contributed by atoms with van der Waals surface area (Å²) in [6.07, 6.45) is 14.0. The van der Waals surface area contributed by atoms with Crippen molar-refractivity contribution in [1.29, 1.82) is 0 Å². The molecule has 160 valence electrons. The van der Waals surface area contributed by atoms with Gasteiger partial charge < -0.3 is 9.47 Å². The summed E-state index contributed by atoms with van der Waals surface area (Å²) in [6, 6.07) is 10.5. The molecule has 5 rings (SSSR count). The van der Waals surface area contributed by atoms with Crippen LogP contribution in [0.5, 0.6) is 0 Å². The van der Waals surface area contributed by atoms with Gasteiger partial charge in [-0.15, -0.1) is 10.2 Å². The zero-order valence-electron chi connectivity index (χ0n) is 18.0. The monoisotopic (exact) mass is 406 g/mol. The maximum absolute atomic E-state index is 13.4. The molecular weight excluding hydrogens is 372 g/mol. The highest BCUT2D eigenvalue weighted by molar-refractivity contribution is 5.79. The number of hydrogen-bond acceptors (Lipinski definition) is 3. The molecule has 2 aliphatic carbocycles. The number of benzene rings is 1. The molecule has 1 atom stereocenters. The number of rotatable bonds is 4. The van der Waals surface area contributed by atoms with E-state index in [0.717, 1.165) is 38.3 Å². The van der Waals surface area contributed by atoms with Crippen molar-refractivity contribution in [2.45, 2.75) is 76.7 Å². The largest absolute Gasteiger partial charge is 0.341 e. The maximum Gasteiger partial charge on any atom is 0.225 e. The summed E-state index contributed by atoms with van der Waals surface area (Å²) in [6.45, 7) is 2.54. The zero-order chi connectivity index (χ0) is 20.4. The fraction of sp³-hybridized carbons (Fsp3) is 0.640. The summed E-state index contributed by atoms with van der Waals surface area (Å²) in [5.74, 6) is 2.05. The van der Waals surface area contributed by atoms with Crippen molar-refractivity contribution in [2.24, 2.45) is 11.3 Å². The lowest BCUT2D eigenvalue weighted by Gasteiger charge is -2.37. The van der Waals surface area contributed by atoms with Crippen LogP contribution >= 0.6 is 0 Å². The fourth-order valence-electron chi connectivity index (χ4n) is 6.30. The third-order valence-electron chi connectivity index (χ3n) is 7.92. The first-order valence-corrected chi connectivity index (χ1v) is 12.0. The van der Waals surface area contributed by atoms with Crippen LogP contribution in [0.2, 0.25) is 0 Å². The van der Waals surface area contributed by atoms with E-state index in [9.17, 15) is 4.79 Å². The normalized spacial score (nSPS) is 24.4. The topological polar surface area (TPSA) is 51.0 Å². The Hall–Kier alpha value is -2.17. The van der Waals surface area contributed by atoms with E-state index in [0.29, 0.717) is 11.8 Å². The minimum Gasteiger partial charge on any atom is -0.341 e. The van der Waals surface area contributed by atoms with Gasteiger partial charge in [0, 0.05) is 24.9 Å². The van der Waals surface area contributed by atoms with Gasteiger partial charge in [-0.2, -0.15) is 0 Å². The van der Waals surface area contributed by atoms with Crippen LogP contribution in [-0.2, 0) is 11.3 Å². The average molecular weight is 407 g/mol. The van der Waals surface area contributed by atoms with Crippen molar-refractivity contribution in [3.63, 3.8) is 0 Å². The van der Waals surface area contributed by atoms with Gasteiger partial charge in [-0.05, 0) is 36.7 Å². The lowest BCUT2D eigenvalue weighted by atomic mass is 9.67. The Morgan fingerprint density at radius 2 is 1.73 bits per heavy atom. The highest BCUT2D eigenvalue weighted by Crippen LogP contribution is 2.52. The summed E-state index contributed by atoms with van der Waals surface area (Å²) in [5, 5.41) is 8.94. The van der Waals surface area contributed by atoms with Crippen LogP contribution in [0.15, 0.2) is 36.7 Å². The molecule has 2 aromatic rings. The molecule has 1 saturated heterocycles. The summed E-state index contributed by atoms with van der Waals surface area (Å²) < 4.78 is 2.23. The Morgan fingerprint density at radius 3 is 2.50 bits per heavy atom. The van der Waals surface area contributed by atoms with Crippen LogP contribution in [0.3, 0.4) is 0 Å². The number of hydrogen-bond donors (Lipinski definition) is 0. The van der Waals surface area contributed by atoms with Crippen LogP contribution in [0, 0.1) is 11.3 Å². The number of amides is 1. The molecule has 2 heterocycles. The van der Waals surface area contributed by atoms with Crippen LogP contribution in [0.25, 0.3) is 0 Å². The minimum absolute atomic E-state index is 0.185. The molecular formula is C25H34N4O. The van der Waals surface area contributed by atoms with Gasteiger partial charge >= 0.3 is 0 Å². The molecule has 3 aliphatic rings. The molecule has 1 amide bonds. The molecule has 5 nitrogen and oxygen atoms in total. The molecule has 1 aromatic carbocycles. The first-order chi connectivity index (χ1) is 14.8. The van der Waals surface area contributed by atoms with E-state index < -0.39 is 0 Å². The van der Waals surface area contributed by atoms with Crippen LogP contribution < -0.4 is 0 Å². The lowest BCUT2D eigenvalue weighted by molar-refractivity contribution is -0.136. The number of carbonyl (C=O) groups is 1. The Morgan fingerprint density at radius 1 is 1.00 bits per heavy atom. The second kappa shape index (κ2) is 8.52. The molecule has 2 saturated carbocycles. The van der Waals surface area contributed by atoms with Gasteiger partial charge in [-0.3, -0.25) is 4.79 Å². The Balaban J connectivity index is 1.41. The molecule has 1 aromatic heterocycles. The SMILES string of the molecule is O=C(C1CCCCC1)N1CC(c2nncn2Cc2ccccc2)C2(CCCCC2)C1. The number of likely N-dealkylation sites (tertiary alicyclic amines) is 1. The van der Waals surface area contributed by atoms with Gasteiger partial charge in [-0.25, -0.2) is 0 Å². The lowest BCUT2D eigenvalue weighted by Crippen LogP contribution is -2.37. The van der Waals surface area contributed by atoms with E-state index in [-0.39, 0.29) is 11.3 Å². The summed E-state index contributed by atoms with van der Waals surface area (Å²) >= 11 is 0. The Labute approximate surface area is 179 Å². The summed E-state index contributed by atoms with van der Waals surface area (Å²) in [7, 11) is 0. The van der Waals surface area contributed by atoms with Gasteiger partial charge in [0.15, 0.2) is 0 Å². The maximum atomic E-state index is 13.4. The molecule has 1 unspecified atom stereocenters.